The first kappa shape index (κ1) is 18.5. The number of hydrogen-bond donors (Lipinski definition) is 2. The molecular weight excluding hydrogens is 377 g/mol. The van der Waals surface area contributed by atoms with Crippen LogP contribution in [0.2, 0.25) is 0 Å². The average Bonchev–Trinajstić information content (AvgIpc) is 3.25. The Bertz CT molecular complexity index is 1150. The van der Waals surface area contributed by atoms with Crippen LogP contribution in [-0.4, -0.2) is 38.3 Å². The van der Waals surface area contributed by atoms with Crippen LogP contribution in [-0.2, 0) is 16.6 Å². The van der Waals surface area contributed by atoms with Crippen molar-refractivity contribution in [1.29, 1.82) is 0 Å². The number of aromatic nitrogens is 3. The van der Waals surface area contributed by atoms with Gasteiger partial charge in [0, 0.05) is 18.9 Å². The minimum Gasteiger partial charge on any atom is -0.368 e. The lowest BCUT2D eigenvalue weighted by atomic mass is 10.1. The average molecular weight is 395 g/mol. The number of hydrogen-bond acceptors (Lipinski definition) is 6. The Labute approximate surface area is 165 Å². The number of hydrazone groups is 1. The number of pyridine rings is 1. The van der Waals surface area contributed by atoms with Crippen LogP contribution in [0.5, 0.6) is 0 Å². The number of nitrogens with two attached hydrogens (primary N) is 1. The normalized spacial score (nSPS) is 16.2. The number of nitrogens with zero attached hydrogens (tertiary/aromatic N) is 5. The van der Waals surface area contributed by atoms with Crippen molar-refractivity contribution in [3.63, 3.8) is 0 Å². The molecule has 1 aliphatic rings. The molecule has 0 fully saturated rings. The molecule has 9 nitrogen and oxygen atoms in total. The molecular formula is C19H18FN7O2. The van der Waals surface area contributed by atoms with E-state index < -0.39 is 23.7 Å². The number of amides is 2. The minimum absolute atomic E-state index is 0.0418. The summed E-state index contributed by atoms with van der Waals surface area (Å²) in [6, 6.07) is 6.39. The molecule has 29 heavy (non-hydrogen) atoms. The van der Waals surface area contributed by atoms with Crippen LogP contribution < -0.4 is 16.1 Å². The molecule has 1 atom stereocenters. The van der Waals surface area contributed by atoms with Crippen molar-refractivity contribution in [3.05, 3.63) is 48.0 Å². The summed E-state index contributed by atoms with van der Waals surface area (Å²) in [5, 5.41) is 13.5. The first-order valence-electron chi connectivity index (χ1n) is 8.86. The van der Waals surface area contributed by atoms with E-state index in [2.05, 4.69) is 20.5 Å². The lowest BCUT2D eigenvalue weighted by Gasteiger charge is -2.20. The zero-order valence-electron chi connectivity index (χ0n) is 15.8. The molecule has 3 heterocycles. The molecule has 1 unspecified atom stereocenters. The van der Waals surface area contributed by atoms with Crippen LogP contribution in [0.4, 0.5) is 15.8 Å². The topological polar surface area (TPSA) is 118 Å². The molecule has 10 heteroatoms. The van der Waals surface area contributed by atoms with E-state index in [9.17, 15) is 14.0 Å². The maximum Gasteiger partial charge on any atom is 0.272 e. The maximum atomic E-state index is 13.2. The van der Waals surface area contributed by atoms with Gasteiger partial charge in [-0.15, -0.1) is 0 Å². The van der Waals surface area contributed by atoms with Gasteiger partial charge in [0.05, 0.1) is 23.3 Å². The smallest absolute Gasteiger partial charge is 0.272 e. The van der Waals surface area contributed by atoms with Gasteiger partial charge in [-0.2, -0.15) is 10.2 Å². The van der Waals surface area contributed by atoms with Crippen LogP contribution in [0.15, 0.2) is 41.6 Å². The van der Waals surface area contributed by atoms with Crippen LogP contribution in [0, 0.1) is 12.7 Å². The van der Waals surface area contributed by atoms with Gasteiger partial charge in [-0.25, -0.2) is 9.37 Å². The first-order chi connectivity index (χ1) is 13.8. The zero-order valence-corrected chi connectivity index (χ0v) is 15.8. The van der Waals surface area contributed by atoms with Gasteiger partial charge in [0.25, 0.3) is 5.91 Å². The van der Waals surface area contributed by atoms with Gasteiger partial charge in [0.1, 0.15) is 17.6 Å². The van der Waals surface area contributed by atoms with Gasteiger partial charge in [0.15, 0.2) is 5.65 Å². The van der Waals surface area contributed by atoms with Crippen molar-refractivity contribution in [3.8, 4) is 0 Å². The van der Waals surface area contributed by atoms with E-state index in [0.29, 0.717) is 17.0 Å². The predicted molar refractivity (Wildman–Crippen MR) is 106 cm³/mol. The number of nitrogens with one attached hydrogen (secondary N) is 1. The largest absolute Gasteiger partial charge is 0.368 e. The maximum absolute atomic E-state index is 13.2. The van der Waals surface area contributed by atoms with E-state index in [1.165, 1.54) is 35.5 Å². The van der Waals surface area contributed by atoms with E-state index in [1.54, 1.807) is 17.8 Å². The number of anilines is 2. The van der Waals surface area contributed by atoms with Crippen LogP contribution in [0.3, 0.4) is 0 Å². The monoisotopic (exact) mass is 395 g/mol. The van der Waals surface area contributed by atoms with E-state index in [-0.39, 0.29) is 12.1 Å². The SMILES string of the molecule is Cc1nn(C)c2ncc(NC(=O)C3=NN(c4ccc(F)cc4)C(C(N)=O)C3)cc12. The van der Waals surface area contributed by atoms with Crippen molar-refractivity contribution in [2.24, 2.45) is 17.9 Å². The molecule has 1 aromatic carbocycles. The minimum atomic E-state index is -0.831. The van der Waals surface area contributed by atoms with Gasteiger partial charge < -0.3 is 11.1 Å². The third-order valence-electron chi connectivity index (χ3n) is 4.71. The number of halogens is 1. The van der Waals surface area contributed by atoms with Crippen molar-refractivity contribution in [2.45, 2.75) is 19.4 Å². The lowest BCUT2D eigenvalue weighted by molar-refractivity contribution is -0.119. The highest BCUT2D eigenvalue weighted by Crippen LogP contribution is 2.26. The highest BCUT2D eigenvalue weighted by molar-refractivity contribution is 6.44. The standard InChI is InChI=1S/C19H18FN7O2/c1-10-14-7-12(9-22-18(14)26(2)24-10)23-19(29)15-8-16(17(21)28)27(25-15)13-5-3-11(20)4-6-13/h3-7,9,16H,8H2,1-2H3,(H2,21,28)(H,23,29). The van der Waals surface area contributed by atoms with Crippen LogP contribution in [0.25, 0.3) is 11.0 Å². The van der Waals surface area contributed by atoms with Crippen LogP contribution in [0.1, 0.15) is 12.1 Å². The van der Waals surface area contributed by atoms with Gasteiger partial charge in [-0.1, -0.05) is 0 Å². The van der Waals surface area contributed by atoms with E-state index in [0.717, 1.165) is 11.1 Å². The first-order valence-corrected chi connectivity index (χ1v) is 8.86. The summed E-state index contributed by atoms with van der Waals surface area (Å²) < 4.78 is 14.9. The number of carbonyl (C=O) groups excluding carboxylic acids is 2. The fourth-order valence-corrected chi connectivity index (χ4v) is 3.28. The third kappa shape index (κ3) is 3.40. The molecule has 3 aromatic rings. The Balaban J connectivity index is 1.59. The fraction of sp³-hybridized carbons (Fsp3) is 0.211. The Morgan fingerprint density at radius 3 is 2.69 bits per heavy atom. The summed E-state index contributed by atoms with van der Waals surface area (Å²) in [5.41, 5.74) is 8.06. The van der Waals surface area contributed by atoms with Gasteiger partial charge in [-0.3, -0.25) is 19.3 Å². The lowest BCUT2D eigenvalue weighted by Crippen LogP contribution is -2.39. The molecule has 0 spiro atoms. The predicted octanol–water partition coefficient (Wildman–Crippen LogP) is 1.47. The van der Waals surface area contributed by atoms with Gasteiger partial charge >= 0.3 is 0 Å². The van der Waals surface area contributed by atoms with Crippen LogP contribution >= 0.6 is 0 Å². The highest BCUT2D eigenvalue weighted by atomic mass is 19.1. The summed E-state index contributed by atoms with van der Waals surface area (Å²) in [7, 11) is 1.79. The van der Waals surface area contributed by atoms with Gasteiger partial charge in [0.2, 0.25) is 5.91 Å². The third-order valence-corrected chi connectivity index (χ3v) is 4.71. The number of carbonyl (C=O) groups is 2. The zero-order chi connectivity index (χ0) is 20.7. The summed E-state index contributed by atoms with van der Waals surface area (Å²) in [5.74, 6) is -1.52. The molecule has 4 rings (SSSR count). The Hall–Kier alpha value is -3.82. The Morgan fingerprint density at radius 2 is 2.00 bits per heavy atom. The number of aryl methyl sites for hydroxylation is 2. The summed E-state index contributed by atoms with van der Waals surface area (Å²) in [6.07, 6.45) is 1.57. The Kier molecular flexibility index (Phi) is 4.45. The summed E-state index contributed by atoms with van der Waals surface area (Å²) >= 11 is 0. The molecule has 0 aliphatic carbocycles. The molecule has 0 saturated carbocycles. The number of rotatable bonds is 4. The van der Waals surface area contributed by atoms with E-state index in [1.807, 2.05) is 6.92 Å². The molecule has 1 aliphatic heterocycles. The van der Waals surface area contributed by atoms with Crippen molar-refractivity contribution in [1.82, 2.24) is 14.8 Å². The van der Waals surface area contributed by atoms with Gasteiger partial charge in [-0.05, 0) is 37.3 Å². The molecule has 3 N–H and O–H groups in total. The fourth-order valence-electron chi connectivity index (χ4n) is 3.28. The van der Waals surface area contributed by atoms with Crippen molar-refractivity contribution < 1.29 is 14.0 Å². The second-order valence-corrected chi connectivity index (χ2v) is 6.75. The molecule has 0 bridgehead atoms. The number of fused-ring (bicyclic) bond motifs is 1. The quantitative estimate of drug-likeness (QED) is 0.694. The Morgan fingerprint density at radius 1 is 1.28 bits per heavy atom. The summed E-state index contributed by atoms with van der Waals surface area (Å²) in [6.45, 7) is 1.86. The second-order valence-electron chi connectivity index (χ2n) is 6.75. The highest BCUT2D eigenvalue weighted by Gasteiger charge is 2.35. The van der Waals surface area contributed by atoms with Crippen molar-refractivity contribution >= 4 is 39.9 Å². The summed E-state index contributed by atoms with van der Waals surface area (Å²) in [4.78, 5) is 28.9. The van der Waals surface area contributed by atoms with Crippen molar-refractivity contribution in [2.75, 3.05) is 10.3 Å². The molecule has 2 aromatic heterocycles. The molecule has 148 valence electrons. The number of benzene rings is 1. The van der Waals surface area contributed by atoms with E-state index in [4.69, 9.17) is 5.73 Å². The van der Waals surface area contributed by atoms with E-state index >= 15 is 0 Å². The number of primary amides is 1. The second kappa shape index (κ2) is 6.97. The molecule has 2 amide bonds. The molecule has 0 radical (unpaired) electrons. The molecule has 0 saturated heterocycles.